The van der Waals surface area contributed by atoms with Crippen LogP contribution in [0.5, 0.6) is 5.75 Å². The summed E-state index contributed by atoms with van der Waals surface area (Å²) in [6.45, 7) is -2.45. The van der Waals surface area contributed by atoms with Gasteiger partial charge in [0.25, 0.3) is 5.91 Å². The van der Waals surface area contributed by atoms with E-state index in [1.54, 1.807) is 0 Å². The van der Waals surface area contributed by atoms with Gasteiger partial charge in [-0.2, -0.15) is 27.2 Å². The summed E-state index contributed by atoms with van der Waals surface area (Å²) in [5, 5.41) is 9.67. The van der Waals surface area contributed by atoms with E-state index in [4.69, 9.17) is 11.6 Å². The van der Waals surface area contributed by atoms with Crippen molar-refractivity contribution in [1.82, 2.24) is 10.2 Å². The minimum Gasteiger partial charge on any atom is -0.484 e. The molecule has 1 aliphatic heterocycles. The van der Waals surface area contributed by atoms with E-state index < -0.39 is 85.6 Å². The molecule has 0 spiro atoms. The van der Waals surface area contributed by atoms with E-state index in [9.17, 15) is 36.4 Å². The van der Waals surface area contributed by atoms with Crippen molar-refractivity contribution in [3.05, 3.63) is 59.1 Å². The molecule has 0 aromatic heterocycles. The standard InChI is InChI=1S/C25H21ClF5N3O5S/c26-18-10-16(39-14-24(27,28)29)6-7-20(18)40(37,38)17-11-19(21(35)33-23(13-32)8-9-23)34(12-17)22(36)25(30,31)15-4-2-1-3-5-15/h1-7,10,17,19H,8-9,11-12,14H2,(H,33,35)/t17-,19+/m1/s1. The number of halogens is 6. The monoisotopic (exact) mass is 605 g/mol. The van der Waals surface area contributed by atoms with E-state index in [0.717, 1.165) is 30.3 Å². The zero-order valence-corrected chi connectivity index (χ0v) is 22.0. The van der Waals surface area contributed by atoms with Crippen LogP contribution in [0.3, 0.4) is 0 Å². The number of benzene rings is 2. The molecule has 2 amide bonds. The van der Waals surface area contributed by atoms with Crippen LogP contribution in [0.1, 0.15) is 24.8 Å². The number of carbonyl (C=O) groups excluding carboxylic acids is 2. The van der Waals surface area contributed by atoms with E-state index in [0.29, 0.717) is 17.7 Å². The fourth-order valence-corrected chi connectivity index (χ4v) is 6.54. The summed E-state index contributed by atoms with van der Waals surface area (Å²) in [4.78, 5) is 26.1. The molecule has 2 fully saturated rings. The van der Waals surface area contributed by atoms with Gasteiger partial charge >= 0.3 is 12.1 Å². The molecule has 1 saturated carbocycles. The third-order valence-electron chi connectivity index (χ3n) is 6.61. The van der Waals surface area contributed by atoms with Crippen LogP contribution >= 0.6 is 11.6 Å². The van der Waals surface area contributed by atoms with Gasteiger partial charge in [-0.3, -0.25) is 9.59 Å². The second-order valence-corrected chi connectivity index (χ2v) is 12.1. The van der Waals surface area contributed by atoms with Crippen molar-refractivity contribution in [1.29, 1.82) is 5.26 Å². The molecular weight excluding hydrogens is 585 g/mol. The molecule has 4 rings (SSSR count). The Bertz CT molecular complexity index is 1460. The summed E-state index contributed by atoms with van der Waals surface area (Å²) in [5.74, 6) is -7.24. The lowest BCUT2D eigenvalue weighted by molar-refractivity contribution is -0.161. The van der Waals surface area contributed by atoms with Crippen molar-refractivity contribution in [2.24, 2.45) is 0 Å². The molecule has 2 aromatic carbocycles. The highest BCUT2D eigenvalue weighted by molar-refractivity contribution is 7.92. The Morgan fingerprint density at radius 1 is 1.12 bits per heavy atom. The van der Waals surface area contributed by atoms with Crippen LogP contribution < -0.4 is 10.1 Å². The zero-order valence-electron chi connectivity index (χ0n) is 20.4. The maximum atomic E-state index is 15.2. The number of sulfone groups is 1. The number of nitrogens with zero attached hydrogens (tertiary/aromatic N) is 2. The van der Waals surface area contributed by atoms with Crippen molar-refractivity contribution < 1.29 is 44.7 Å². The van der Waals surface area contributed by atoms with Gasteiger partial charge in [0.2, 0.25) is 5.91 Å². The molecule has 2 aliphatic rings. The fourth-order valence-electron chi connectivity index (χ4n) is 4.30. The summed E-state index contributed by atoms with van der Waals surface area (Å²) >= 11 is 6.05. The molecule has 1 saturated heterocycles. The van der Waals surface area contributed by atoms with Gasteiger partial charge in [0, 0.05) is 18.2 Å². The maximum absolute atomic E-state index is 15.2. The number of alkyl halides is 5. The van der Waals surface area contributed by atoms with Gasteiger partial charge in [0.05, 0.1) is 21.2 Å². The summed E-state index contributed by atoms with van der Waals surface area (Å²) < 4.78 is 99.3. The lowest BCUT2D eigenvalue weighted by atomic mass is 10.1. The maximum Gasteiger partial charge on any atom is 0.422 e. The van der Waals surface area contributed by atoms with Crippen LogP contribution in [0.2, 0.25) is 5.02 Å². The highest BCUT2D eigenvalue weighted by atomic mass is 35.5. The number of nitrogens with one attached hydrogen (secondary N) is 1. The van der Waals surface area contributed by atoms with Crippen LogP contribution in [0.25, 0.3) is 0 Å². The predicted molar refractivity (Wildman–Crippen MR) is 130 cm³/mol. The SMILES string of the molecule is N#CC1(NC(=O)[C@@H]2C[C@@H](S(=O)(=O)c3ccc(OCC(F)(F)F)cc3Cl)CN2C(=O)C(F)(F)c2ccccc2)CC1. The van der Waals surface area contributed by atoms with Gasteiger partial charge in [-0.05, 0) is 31.4 Å². The third-order valence-corrected chi connectivity index (χ3v) is 9.22. The summed E-state index contributed by atoms with van der Waals surface area (Å²) in [7, 11) is -4.50. The van der Waals surface area contributed by atoms with Gasteiger partial charge in [-0.25, -0.2) is 8.42 Å². The van der Waals surface area contributed by atoms with Crippen LogP contribution in [0.4, 0.5) is 22.0 Å². The average molecular weight is 606 g/mol. The van der Waals surface area contributed by atoms with Gasteiger partial charge in [0.1, 0.15) is 17.3 Å². The first-order valence-electron chi connectivity index (χ1n) is 11.8. The van der Waals surface area contributed by atoms with Crippen LogP contribution in [-0.2, 0) is 25.3 Å². The van der Waals surface area contributed by atoms with Crippen molar-refractivity contribution in [2.75, 3.05) is 13.2 Å². The Labute approximate surface area is 230 Å². The molecule has 1 heterocycles. The Hall–Kier alpha value is -3.44. The van der Waals surface area contributed by atoms with Gasteiger partial charge in [0.15, 0.2) is 16.4 Å². The number of amides is 2. The highest BCUT2D eigenvalue weighted by Gasteiger charge is 2.54. The molecule has 15 heteroatoms. The average Bonchev–Trinajstić information content (AvgIpc) is 3.51. The van der Waals surface area contributed by atoms with Crippen molar-refractivity contribution in [3.63, 3.8) is 0 Å². The number of hydrogen-bond acceptors (Lipinski definition) is 6. The van der Waals surface area contributed by atoms with Crippen LogP contribution in [-0.4, -0.2) is 61.3 Å². The minimum absolute atomic E-state index is 0.302. The van der Waals surface area contributed by atoms with Crippen molar-refractivity contribution >= 4 is 33.3 Å². The first-order valence-corrected chi connectivity index (χ1v) is 13.7. The Morgan fingerprint density at radius 3 is 2.33 bits per heavy atom. The lowest BCUT2D eigenvalue weighted by Crippen LogP contribution is -2.52. The molecule has 0 bridgehead atoms. The van der Waals surface area contributed by atoms with E-state index in [1.807, 2.05) is 6.07 Å². The van der Waals surface area contributed by atoms with Gasteiger partial charge in [-0.15, -0.1) is 0 Å². The Balaban J connectivity index is 1.64. The molecule has 0 radical (unpaired) electrons. The number of rotatable bonds is 8. The summed E-state index contributed by atoms with van der Waals surface area (Å²) in [5.41, 5.74) is -1.89. The number of ether oxygens (including phenoxy) is 1. The fraction of sp³-hybridized carbons (Fsp3) is 0.400. The highest BCUT2D eigenvalue weighted by Crippen LogP contribution is 2.39. The molecular formula is C25H21ClF5N3O5S. The lowest BCUT2D eigenvalue weighted by Gasteiger charge is -2.28. The second kappa shape index (κ2) is 10.5. The second-order valence-electron chi connectivity index (χ2n) is 9.50. The zero-order chi connectivity index (χ0) is 29.5. The summed E-state index contributed by atoms with van der Waals surface area (Å²) in [6, 6.07) is 8.99. The van der Waals surface area contributed by atoms with Crippen molar-refractivity contribution in [2.45, 2.75) is 53.1 Å². The molecule has 2 atom stereocenters. The molecule has 40 heavy (non-hydrogen) atoms. The molecule has 1 aliphatic carbocycles. The van der Waals surface area contributed by atoms with E-state index in [1.165, 1.54) is 18.2 Å². The van der Waals surface area contributed by atoms with Crippen LogP contribution in [0, 0.1) is 11.3 Å². The van der Waals surface area contributed by atoms with E-state index >= 15 is 8.78 Å². The number of likely N-dealkylation sites (tertiary alicyclic amines) is 1. The first kappa shape index (κ1) is 29.5. The molecule has 2 aromatic rings. The number of carbonyl (C=O) groups is 2. The number of hydrogen-bond donors (Lipinski definition) is 1. The van der Waals surface area contributed by atoms with Crippen molar-refractivity contribution in [3.8, 4) is 11.8 Å². The van der Waals surface area contributed by atoms with Crippen LogP contribution in [0.15, 0.2) is 53.4 Å². The predicted octanol–water partition coefficient (Wildman–Crippen LogP) is 3.99. The Kier molecular flexibility index (Phi) is 7.76. The van der Waals surface area contributed by atoms with Gasteiger partial charge in [-0.1, -0.05) is 41.9 Å². The quantitative estimate of drug-likeness (QED) is 0.455. The molecule has 8 nitrogen and oxygen atoms in total. The minimum atomic E-state index is -4.65. The first-order chi connectivity index (χ1) is 18.6. The van der Waals surface area contributed by atoms with E-state index in [-0.39, 0.29) is 5.75 Å². The van der Waals surface area contributed by atoms with E-state index in [2.05, 4.69) is 10.1 Å². The number of nitriles is 1. The summed E-state index contributed by atoms with van der Waals surface area (Å²) in [6.07, 6.45) is -4.64. The largest absolute Gasteiger partial charge is 0.484 e. The smallest absolute Gasteiger partial charge is 0.422 e. The normalized spacial score (nSPS) is 20.5. The molecule has 214 valence electrons. The topological polar surface area (TPSA) is 117 Å². The molecule has 1 N–H and O–H groups in total. The van der Waals surface area contributed by atoms with Gasteiger partial charge < -0.3 is 15.0 Å². The Morgan fingerprint density at radius 2 is 1.77 bits per heavy atom. The third kappa shape index (κ3) is 6.00. The molecule has 0 unspecified atom stereocenters.